The number of aromatic nitrogens is 1. The van der Waals surface area contributed by atoms with E-state index in [0.717, 1.165) is 6.07 Å². The van der Waals surface area contributed by atoms with E-state index in [0.29, 0.717) is 44.4 Å². The molecule has 0 atom stereocenters. The molecule has 4 aromatic rings. The third kappa shape index (κ3) is 4.10. The number of thiazole rings is 1. The van der Waals surface area contributed by atoms with Crippen molar-refractivity contribution in [3.05, 3.63) is 65.7 Å². The number of urea groups is 1. The Kier molecular flexibility index (Phi) is 5.76. The number of anilines is 3. The first kappa shape index (κ1) is 23.9. The largest absolute Gasteiger partial charge is 0.506 e. The summed E-state index contributed by atoms with van der Waals surface area (Å²) in [7, 11) is 0. The molecule has 0 saturated carbocycles. The van der Waals surface area contributed by atoms with E-state index in [1.165, 1.54) is 23.5 Å². The minimum absolute atomic E-state index is 0.175. The van der Waals surface area contributed by atoms with E-state index in [9.17, 15) is 14.3 Å². The summed E-state index contributed by atoms with van der Waals surface area (Å²) in [5.41, 5.74) is 7.60. The van der Waals surface area contributed by atoms with Crippen molar-refractivity contribution in [2.75, 3.05) is 16.8 Å². The van der Waals surface area contributed by atoms with E-state index in [2.05, 4.69) is 15.6 Å². The molecule has 3 aromatic carbocycles. The monoisotopic (exact) mass is 525 g/mol. The van der Waals surface area contributed by atoms with Gasteiger partial charge in [-0.1, -0.05) is 26.0 Å². The molecule has 0 unspecified atom stereocenters. The highest BCUT2D eigenvalue weighted by Gasteiger charge is 2.42. The topological polar surface area (TPSA) is 104 Å². The second-order valence-corrected chi connectivity index (χ2v) is 10.5. The molecule has 0 saturated heterocycles. The van der Waals surface area contributed by atoms with E-state index in [4.69, 9.17) is 18.0 Å². The highest BCUT2D eigenvalue weighted by atomic mass is 32.1. The van der Waals surface area contributed by atoms with Gasteiger partial charge in [-0.3, -0.25) is 5.32 Å². The van der Waals surface area contributed by atoms with Crippen LogP contribution < -0.4 is 21.3 Å². The maximum absolute atomic E-state index is 15.5. The molecule has 36 heavy (non-hydrogen) atoms. The van der Waals surface area contributed by atoms with E-state index in [-0.39, 0.29) is 16.4 Å². The molecular weight excluding hydrogens is 504 g/mol. The van der Waals surface area contributed by atoms with Gasteiger partial charge in [0.1, 0.15) is 22.4 Å². The summed E-state index contributed by atoms with van der Waals surface area (Å²) in [4.78, 5) is 18.7. The van der Waals surface area contributed by atoms with Gasteiger partial charge in [-0.2, -0.15) is 0 Å². The number of nitrogens with zero attached hydrogens (tertiary/aromatic N) is 2. The number of carbonyl (C=O) groups excluding carboxylic acids is 1. The van der Waals surface area contributed by atoms with Crippen LogP contribution in [0.15, 0.2) is 48.5 Å². The molecule has 0 radical (unpaired) electrons. The Bertz CT molecular complexity index is 1550. The SMILES string of the molecule is CC1(C)CN(c2ccccc2NC(=O)NC(N)=S)c2c(O)cc(F)c(-c3nc4ccc(F)cc4s3)c21. The molecule has 5 rings (SSSR count). The number of rotatable bonds is 3. The third-order valence-corrected chi connectivity index (χ3v) is 7.11. The number of phenols is 1. The number of aromatic hydroxyl groups is 1. The lowest BCUT2D eigenvalue weighted by molar-refractivity contribution is 0.256. The molecule has 1 aliphatic heterocycles. The van der Waals surface area contributed by atoms with Crippen molar-refractivity contribution in [3.8, 4) is 16.3 Å². The van der Waals surface area contributed by atoms with E-state index in [1.54, 1.807) is 30.3 Å². The Morgan fingerprint density at radius 3 is 2.72 bits per heavy atom. The Hall–Kier alpha value is -3.83. The predicted octanol–water partition coefficient (Wildman–Crippen LogP) is 5.74. The average Bonchev–Trinajstić information content (AvgIpc) is 3.31. The number of para-hydroxylation sites is 2. The summed E-state index contributed by atoms with van der Waals surface area (Å²) in [6.45, 7) is 4.26. The quantitative estimate of drug-likeness (QED) is 0.254. The van der Waals surface area contributed by atoms with Gasteiger partial charge in [0.25, 0.3) is 0 Å². The van der Waals surface area contributed by atoms with Crippen molar-refractivity contribution in [1.82, 2.24) is 10.3 Å². The van der Waals surface area contributed by atoms with Gasteiger partial charge in [-0.05, 0) is 42.5 Å². The van der Waals surface area contributed by atoms with Crippen molar-refractivity contribution in [3.63, 3.8) is 0 Å². The minimum Gasteiger partial charge on any atom is -0.506 e. The lowest BCUT2D eigenvalue weighted by Gasteiger charge is -2.25. The molecule has 2 heterocycles. The summed E-state index contributed by atoms with van der Waals surface area (Å²) in [6, 6.07) is 11.7. The van der Waals surface area contributed by atoms with Gasteiger partial charge in [0.2, 0.25) is 0 Å². The number of nitrogens with two attached hydrogens (primary N) is 1. The normalized spacial score (nSPS) is 14.1. The highest BCUT2D eigenvalue weighted by Crippen LogP contribution is 2.55. The zero-order valence-corrected chi connectivity index (χ0v) is 20.9. The molecule has 0 fully saturated rings. The molecule has 184 valence electrons. The molecule has 0 spiro atoms. The number of nitrogens with one attached hydrogen (secondary N) is 2. The van der Waals surface area contributed by atoms with Gasteiger partial charge in [-0.15, -0.1) is 11.3 Å². The minimum atomic E-state index is -0.623. The number of halogens is 2. The second kappa shape index (κ2) is 8.68. The summed E-state index contributed by atoms with van der Waals surface area (Å²) in [6.07, 6.45) is 0. The van der Waals surface area contributed by atoms with Gasteiger partial charge in [0.05, 0.1) is 32.8 Å². The van der Waals surface area contributed by atoms with Crippen LogP contribution in [0.25, 0.3) is 20.8 Å². The van der Waals surface area contributed by atoms with Crippen molar-refractivity contribution >= 4 is 62.0 Å². The number of hydrogen-bond acceptors (Lipinski definition) is 6. The van der Waals surface area contributed by atoms with E-state index >= 15 is 4.39 Å². The van der Waals surface area contributed by atoms with Crippen LogP contribution in [-0.4, -0.2) is 27.8 Å². The molecule has 11 heteroatoms. The molecule has 5 N–H and O–H groups in total. The number of thiocarbonyl (C=S) groups is 1. The van der Waals surface area contributed by atoms with E-state index in [1.807, 2.05) is 18.7 Å². The van der Waals surface area contributed by atoms with Gasteiger partial charge in [-0.25, -0.2) is 18.6 Å². The van der Waals surface area contributed by atoms with Gasteiger partial charge < -0.3 is 21.1 Å². The Balaban J connectivity index is 1.68. The maximum atomic E-state index is 15.5. The predicted molar refractivity (Wildman–Crippen MR) is 142 cm³/mol. The molecule has 1 aromatic heterocycles. The second-order valence-electron chi connectivity index (χ2n) is 9.04. The number of hydrogen-bond donors (Lipinski definition) is 4. The third-order valence-electron chi connectivity index (χ3n) is 5.98. The molecule has 1 aliphatic rings. The lowest BCUT2D eigenvalue weighted by Crippen LogP contribution is -2.38. The summed E-state index contributed by atoms with van der Waals surface area (Å²) in [5.74, 6) is -1.27. The van der Waals surface area contributed by atoms with Crippen molar-refractivity contribution in [2.24, 2.45) is 5.73 Å². The maximum Gasteiger partial charge on any atom is 0.325 e. The van der Waals surface area contributed by atoms with Crippen LogP contribution in [0.3, 0.4) is 0 Å². The first-order valence-corrected chi connectivity index (χ1v) is 12.1. The Labute approximate surface area is 214 Å². The standard InChI is InChI=1S/C25H21F2N5O2S2/c1-25(2)11-32(16-6-4-3-5-14(16)30-24(34)31-23(28)35)21-17(33)10-13(27)19(20(21)25)22-29-15-8-7-12(26)9-18(15)36-22/h3-10,33H,11H2,1-2H3,(H4,28,30,31,34,35). The number of carbonyl (C=O) groups is 1. The van der Waals surface area contributed by atoms with Crippen LogP contribution in [-0.2, 0) is 5.41 Å². The number of benzene rings is 3. The summed E-state index contributed by atoms with van der Waals surface area (Å²) in [5, 5.41) is 16.2. The molecule has 0 aliphatic carbocycles. The number of fused-ring (bicyclic) bond motifs is 2. The molecule has 2 amide bonds. The Morgan fingerprint density at radius 2 is 1.97 bits per heavy atom. The van der Waals surface area contributed by atoms with Gasteiger partial charge in [0, 0.05) is 23.6 Å². The lowest BCUT2D eigenvalue weighted by atomic mass is 9.83. The van der Waals surface area contributed by atoms with E-state index < -0.39 is 23.1 Å². The zero-order chi connectivity index (χ0) is 25.8. The number of phenolic OH excluding ortho intramolecular Hbond substituents is 1. The highest BCUT2D eigenvalue weighted by molar-refractivity contribution is 7.80. The molecule has 7 nitrogen and oxygen atoms in total. The van der Waals surface area contributed by atoms with Crippen LogP contribution in [0.2, 0.25) is 0 Å². The van der Waals surface area contributed by atoms with Crippen LogP contribution in [0, 0.1) is 11.6 Å². The smallest absolute Gasteiger partial charge is 0.325 e. The van der Waals surface area contributed by atoms with Crippen molar-refractivity contribution in [1.29, 1.82) is 0 Å². The van der Waals surface area contributed by atoms with Crippen LogP contribution in [0.5, 0.6) is 5.75 Å². The van der Waals surface area contributed by atoms with Gasteiger partial charge >= 0.3 is 6.03 Å². The van der Waals surface area contributed by atoms with Crippen LogP contribution in [0.1, 0.15) is 19.4 Å². The van der Waals surface area contributed by atoms with Crippen molar-refractivity contribution < 1.29 is 18.7 Å². The average molecular weight is 526 g/mol. The fraction of sp³-hybridized carbons (Fsp3) is 0.160. The zero-order valence-electron chi connectivity index (χ0n) is 19.2. The van der Waals surface area contributed by atoms with Crippen LogP contribution in [0.4, 0.5) is 30.6 Å². The molecule has 0 bridgehead atoms. The fourth-order valence-electron chi connectivity index (χ4n) is 4.61. The first-order chi connectivity index (χ1) is 17.0. The number of amides is 2. The molecular formula is C25H21F2N5O2S2. The Morgan fingerprint density at radius 1 is 1.22 bits per heavy atom. The summed E-state index contributed by atoms with van der Waals surface area (Å²) < 4.78 is 29.8. The first-order valence-electron chi connectivity index (χ1n) is 10.9. The van der Waals surface area contributed by atoms with Crippen molar-refractivity contribution in [2.45, 2.75) is 19.3 Å². The van der Waals surface area contributed by atoms with Crippen LogP contribution >= 0.6 is 23.6 Å². The van der Waals surface area contributed by atoms with Gasteiger partial charge in [0.15, 0.2) is 5.11 Å². The fourth-order valence-corrected chi connectivity index (χ4v) is 5.75. The summed E-state index contributed by atoms with van der Waals surface area (Å²) >= 11 is 5.92.